The topological polar surface area (TPSA) is 12.0 Å². The first-order valence-electron chi connectivity index (χ1n) is 5.52. The molecule has 0 aliphatic rings. The summed E-state index contributed by atoms with van der Waals surface area (Å²) in [7, 11) is 0. The summed E-state index contributed by atoms with van der Waals surface area (Å²) in [5, 5.41) is 3.18. The van der Waals surface area contributed by atoms with E-state index in [0.717, 1.165) is 15.7 Å². The van der Waals surface area contributed by atoms with Gasteiger partial charge in [0.05, 0.1) is 0 Å². The fourth-order valence-corrected chi connectivity index (χ4v) is 2.13. The maximum absolute atomic E-state index is 13.6. The molecule has 0 saturated heterocycles. The van der Waals surface area contributed by atoms with Crippen molar-refractivity contribution >= 4 is 33.2 Å². The number of hydrogen-bond acceptors (Lipinski definition) is 1. The van der Waals surface area contributed by atoms with Crippen molar-refractivity contribution in [3.63, 3.8) is 0 Å². The van der Waals surface area contributed by atoms with E-state index in [1.54, 1.807) is 6.07 Å². The van der Waals surface area contributed by atoms with Gasteiger partial charge in [-0.15, -0.1) is 11.6 Å². The lowest BCUT2D eigenvalue weighted by Gasteiger charge is -2.08. The van der Waals surface area contributed by atoms with Crippen molar-refractivity contribution in [3.8, 4) is 0 Å². The highest BCUT2D eigenvalue weighted by Crippen LogP contribution is 2.18. The van der Waals surface area contributed by atoms with Crippen LogP contribution in [-0.2, 0) is 12.4 Å². The van der Waals surface area contributed by atoms with Gasteiger partial charge in [-0.2, -0.15) is 0 Å². The molecule has 0 atom stereocenters. The van der Waals surface area contributed by atoms with Gasteiger partial charge in [0.15, 0.2) is 0 Å². The molecule has 0 saturated carbocycles. The van der Waals surface area contributed by atoms with Crippen molar-refractivity contribution < 1.29 is 4.39 Å². The number of rotatable bonds is 4. The van der Waals surface area contributed by atoms with Gasteiger partial charge in [-0.05, 0) is 29.8 Å². The molecule has 0 fully saturated rings. The maximum atomic E-state index is 13.6. The quantitative estimate of drug-likeness (QED) is 0.784. The SMILES string of the molecule is Fc1cc(Br)ccc1CNc1cccc(CCl)c1. The van der Waals surface area contributed by atoms with Gasteiger partial charge in [0, 0.05) is 28.1 Å². The third-order valence-electron chi connectivity index (χ3n) is 2.58. The first-order valence-corrected chi connectivity index (χ1v) is 6.84. The molecule has 2 aromatic rings. The van der Waals surface area contributed by atoms with Crippen molar-refractivity contribution in [2.24, 2.45) is 0 Å². The van der Waals surface area contributed by atoms with Crippen LogP contribution in [0.2, 0.25) is 0 Å². The highest BCUT2D eigenvalue weighted by atomic mass is 79.9. The lowest BCUT2D eigenvalue weighted by Crippen LogP contribution is -2.02. The van der Waals surface area contributed by atoms with E-state index in [9.17, 15) is 4.39 Å². The molecule has 2 rings (SSSR count). The monoisotopic (exact) mass is 327 g/mol. The second kappa shape index (κ2) is 6.21. The van der Waals surface area contributed by atoms with Crippen molar-refractivity contribution in [1.29, 1.82) is 0 Å². The summed E-state index contributed by atoms with van der Waals surface area (Å²) >= 11 is 9.00. The Morgan fingerprint density at radius 1 is 1.17 bits per heavy atom. The molecule has 1 N–H and O–H groups in total. The standard InChI is InChI=1S/C14H12BrClFN/c15-12-5-4-11(14(17)7-12)9-18-13-3-1-2-10(6-13)8-16/h1-7,18H,8-9H2. The summed E-state index contributed by atoms with van der Waals surface area (Å²) in [5.74, 6) is 0.257. The van der Waals surface area contributed by atoms with Gasteiger partial charge in [-0.25, -0.2) is 4.39 Å². The van der Waals surface area contributed by atoms with E-state index >= 15 is 0 Å². The molecule has 0 bridgehead atoms. The summed E-state index contributed by atoms with van der Waals surface area (Å²) in [4.78, 5) is 0. The van der Waals surface area contributed by atoms with Crippen molar-refractivity contribution in [2.45, 2.75) is 12.4 Å². The Morgan fingerprint density at radius 3 is 2.72 bits per heavy atom. The van der Waals surface area contributed by atoms with E-state index in [2.05, 4.69) is 21.2 Å². The Hall–Kier alpha value is -1.06. The minimum atomic E-state index is -0.217. The molecule has 0 heterocycles. The van der Waals surface area contributed by atoms with Crippen LogP contribution >= 0.6 is 27.5 Å². The van der Waals surface area contributed by atoms with Gasteiger partial charge in [0.2, 0.25) is 0 Å². The first kappa shape index (κ1) is 13.4. The molecule has 0 amide bonds. The first-order chi connectivity index (χ1) is 8.69. The van der Waals surface area contributed by atoms with E-state index in [1.807, 2.05) is 30.3 Å². The molecular weight excluding hydrogens is 317 g/mol. The average molecular weight is 329 g/mol. The third-order valence-corrected chi connectivity index (χ3v) is 3.38. The van der Waals surface area contributed by atoms with E-state index in [1.165, 1.54) is 6.07 Å². The minimum absolute atomic E-state index is 0.217. The second-order valence-corrected chi connectivity index (χ2v) is 5.11. The Kier molecular flexibility index (Phi) is 4.61. The lowest BCUT2D eigenvalue weighted by atomic mass is 10.2. The van der Waals surface area contributed by atoms with Crippen molar-refractivity contribution in [3.05, 3.63) is 63.9 Å². The van der Waals surface area contributed by atoms with Crippen LogP contribution < -0.4 is 5.32 Å². The molecule has 94 valence electrons. The Bertz CT molecular complexity index is 545. The number of halogens is 3. The molecule has 4 heteroatoms. The Morgan fingerprint density at radius 2 is 2.00 bits per heavy atom. The highest BCUT2D eigenvalue weighted by molar-refractivity contribution is 9.10. The average Bonchev–Trinajstić information content (AvgIpc) is 2.38. The van der Waals surface area contributed by atoms with E-state index in [4.69, 9.17) is 11.6 Å². The predicted octanol–water partition coefficient (Wildman–Crippen LogP) is 4.94. The number of benzene rings is 2. The van der Waals surface area contributed by atoms with Gasteiger partial charge in [-0.3, -0.25) is 0 Å². The van der Waals surface area contributed by atoms with Gasteiger partial charge in [0.1, 0.15) is 5.82 Å². The molecule has 0 radical (unpaired) electrons. The van der Waals surface area contributed by atoms with E-state index in [-0.39, 0.29) is 5.82 Å². The van der Waals surface area contributed by atoms with Crippen molar-refractivity contribution in [1.82, 2.24) is 0 Å². The fraction of sp³-hybridized carbons (Fsp3) is 0.143. The number of hydrogen-bond donors (Lipinski definition) is 1. The zero-order valence-electron chi connectivity index (χ0n) is 9.59. The van der Waals surface area contributed by atoms with E-state index in [0.29, 0.717) is 18.0 Å². The zero-order valence-corrected chi connectivity index (χ0v) is 11.9. The normalized spacial score (nSPS) is 10.4. The lowest BCUT2D eigenvalue weighted by molar-refractivity contribution is 0.612. The molecule has 0 aliphatic heterocycles. The molecule has 0 unspecified atom stereocenters. The number of anilines is 1. The smallest absolute Gasteiger partial charge is 0.129 e. The number of nitrogens with one attached hydrogen (secondary N) is 1. The highest BCUT2D eigenvalue weighted by Gasteiger charge is 2.02. The van der Waals surface area contributed by atoms with Crippen LogP contribution in [0.3, 0.4) is 0 Å². The van der Waals surface area contributed by atoms with Crippen LogP contribution in [0, 0.1) is 5.82 Å². The van der Waals surface area contributed by atoms with Gasteiger partial charge < -0.3 is 5.32 Å². The van der Waals surface area contributed by atoms with Crippen LogP contribution in [-0.4, -0.2) is 0 Å². The zero-order chi connectivity index (χ0) is 13.0. The molecular formula is C14H12BrClFN. The van der Waals surface area contributed by atoms with Crippen LogP contribution in [0.15, 0.2) is 46.9 Å². The second-order valence-electron chi connectivity index (χ2n) is 3.92. The molecule has 1 nitrogen and oxygen atoms in total. The maximum Gasteiger partial charge on any atom is 0.129 e. The Balaban J connectivity index is 2.06. The fourth-order valence-electron chi connectivity index (χ4n) is 1.63. The third kappa shape index (κ3) is 3.47. The van der Waals surface area contributed by atoms with Crippen LogP contribution in [0.4, 0.5) is 10.1 Å². The molecule has 0 spiro atoms. The number of alkyl halides is 1. The van der Waals surface area contributed by atoms with Gasteiger partial charge >= 0.3 is 0 Å². The predicted molar refractivity (Wildman–Crippen MR) is 77.4 cm³/mol. The minimum Gasteiger partial charge on any atom is -0.381 e. The summed E-state index contributed by atoms with van der Waals surface area (Å²) in [6, 6.07) is 12.8. The van der Waals surface area contributed by atoms with Crippen LogP contribution in [0.1, 0.15) is 11.1 Å². The summed E-state index contributed by atoms with van der Waals surface area (Å²) in [5.41, 5.74) is 2.61. The summed E-state index contributed by atoms with van der Waals surface area (Å²) < 4.78 is 14.4. The Labute approximate surface area is 119 Å². The van der Waals surface area contributed by atoms with Crippen LogP contribution in [0.25, 0.3) is 0 Å². The molecule has 18 heavy (non-hydrogen) atoms. The molecule has 2 aromatic carbocycles. The van der Waals surface area contributed by atoms with Crippen molar-refractivity contribution in [2.75, 3.05) is 5.32 Å². The van der Waals surface area contributed by atoms with E-state index < -0.39 is 0 Å². The summed E-state index contributed by atoms with van der Waals surface area (Å²) in [6.07, 6.45) is 0. The van der Waals surface area contributed by atoms with Gasteiger partial charge in [0.25, 0.3) is 0 Å². The molecule has 0 aliphatic carbocycles. The van der Waals surface area contributed by atoms with Crippen LogP contribution in [0.5, 0.6) is 0 Å². The molecule has 0 aromatic heterocycles. The summed E-state index contributed by atoms with van der Waals surface area (Å²) in [6.45, 7) is 0.449. The largest absolute Gasteiger partial charge is 0.381 e. The van der Waals surface area contributed by atoms with Gasteiger partial charge in [-0.1, -0.05) is 34.1 Å².